The zero-order valence-electron chi connectivity index (χ0n) is 11.0. The molecule has 0 bridgehead atoms. The van der Waals surface area contributed by atoms with E-state index in [2.05, 4.69) is 5.32 Å². The molecule has 2 rings (SSSR count). The Morgan fingerprint density at radius 3 is 2.47 bits per heavy atom. The van der Waals surface area contributed by atoms with Gasteiger partial charge in [-0.1, -0.05) is 0 Å². The molecular formula is C12H19ClN2O3S. The SMILES string of the molecule is COc1ccc(S(=O)(=O)N2CCNC(C)C2)cc1.Cl. The highest BCUT2D eigenvalue weighted by atomic mass is 35.5. The molecule has 0 spiro atoms. The van der Waals surface area contributed by atoms with Gasteiger partial charge in [-0.15, -0.1) is 12.4 Å². The zero-order valence-corrected chi connectivity index (χ0v) is 12.6. The second kappa shape index (κ2) is 6.56. The van der Waals surface area contributed by atoms with E-state index >= 15 is 0 Å². The summed E-state index contributed by atoms with van der Waals surface area (Å²) in [5.74, 6) is 0.655. The topological polar surface area (TPSA) is 58.6 Å². The first kappa shape index (κ1) is 16.2. The summed E-state index contributed by atoms with van der Waals surface area (Å²) >= 11 is 0. The Balaban J connectivity index is 0.00000180. The highest BCUT2D eigenvalue weighted by molar-refractivity contribution is 7.89. The van der Waals surface area contributed by atoms with Crippen molar-refractivity contribution < 1.29 is 13.2 Å². The van der Waals surface area contributed by atoms with Gasteiger partial charge in [-0.05, 0) is 31.2 Å². The molecule has 0 radical (unpaired) electrons. The van der Waals surface area contributed by atoms with Crippen LogP contribution in [-0.2, 0) is 10.0 Å². The Morgan fingerprint density at radius 2 is 1.95 bits per heavy atom. The molecule has 0 aliphatic carbocycles. The lowest BCUT2D eigenvalue weighted by molar-refractivity contribution is 0.310. The average Bonchev–Trinajstić information content (AvgIpc) is 2.39. The minimum Gasteiger partial charge on any atom is -0.497 e. The number of methoxy groups -OCH3 is 1. The van der Waals surface area contributed by atoms with Crippen LogP contribution >= 0.6 is 12.4 Å². The van der Waals surface area contributed by atoms with Gasteiger partial charge in [0.15, 0.2) is 0 Å². The molecule has 1 unspecified atom stereocenters. The monoisotopic (exact) mass is 306 g/mol. The normalized spacial score (nSPS) is 20.6. The molecule has 1 saturated heterocycles. The van der Waals surface area contributed by atoms with Crippen molar-refractivity contribution in [1.82, 2.24) is 9.62 Å². The lowest BCUT2D eigenvalue weighted by atomic mass is 10.3. The van der Waals surface area contributed by atoms with E-state index in [0.29, 0.717) is 30.3 Å². The van der Waals surface area contributed by atoms with Crippen molar-refractivity contribution in [3.8, 4) is 5.75 Å². The Kier molecular flexibility index (Phi) is 5.61. The number of ether oxygens (including phenoxy) is 1. The predicted molar refractivity (Wildman–Crippen MR) is 76.5 cm³/mol. The second-order valence-electron chi connectivity index (χ2n) is 4.39. The van der Waals surface area contributed by atoms with Crippen LogP contribution in [0.1, 0.15) is 6.92 Å². The van der Waals surface area contributed by atoms with Crippen LogP contribution in [0.3, 0.4) is 0 Å². The van der Waals surface area contributed by atoms with E-state index < -0.39 is 10.0 Å². The van der Waals surface area contributed by atoms with Crippen molar-refractivity contribution in [2.75, 3.05) is 26.7 Å². The van der Waals surface area contributed by atoms with Gasteiger partial charge in [-0.25, -0.2) is 8.42 Å². The van der Waals surface area contributed by atoms with Crippen LogP contribution in [0.4, 0.5) is 0 Å². The summed E-state index contributed by atoms with van der Waals surface area (Å²) in [5, 5.41) is 3.23. The van der Waals surface area contributed by atoms with Crippen LogP contribution in [0, 0.1) is 0 Å². The number of nitrogens with zero attached hydrogens (tertiary/aromatic N) is 1. The van der Waals surface area contributed by atoms with Gasteiger partial charge in [-0.3, -0.25) is 0 Å². The summed E-state index contributed by atoms with van der Waals surface area (Å²) in [6.45, 7) is 3.69. The third-order valence-corrected chi connectivity index (χ3v) is 4.91. The molecule has 0 aromatic heterocycles. The molecule has 1 aliphatic heterocycles. The minimum atomic E-state index is -3.38. The van der Waals surface area contributed by atoms with Gasteiger partial charge >= 0.3 is 0 Å². The van der Waals surface area contributed by atoms with E-state index in [0.717, 1.165) is 0 Å². The van der Waals surface area contributed by atoms with Crippen LogP contribution in [0.25, 0.3) is 0 Å². The average molecular weight is 307 g/mol. The van der Waals surface area contributed by atoms with E-state index in [4.69, 9.17) is 4.74 Å². The van der Waals surface area contributed by atoms with Crippen molar-refractivity contribution in [3.63, 3.8) is 0 Å². The van der Waals surface area contributed by atoms with Crippen molar-refractivity contribution in [3.05, 3.63) is 24.3 Å². The first-order chi connectivity index (χ1) is 8.54. The van der Waals surface area contributed by atoms with Crippen molar-refractivity contribution in [2.45, 2.75) is 17.9 Å². The maximum Gasteiger partial charge on any atom is 0.243 e. The standard InChI is InChI=1S/C12H18N2O3S.ClH/c1-10-9-14(8-7-13-10)18(15,16)12-5-3-11(17-2)4-6-12;/h3-6,10,13H,7-9H2,1-2H3;1H. The Bertz CT molecular complexity index is 504. The Labute approximate surface area is 120 Å². The van der Waals surface area contributed by atoms with Crippen LogP contribution < -0.4 is 10.1 Å². The lowest BCUT2D eigenvalue weighted by Gasteiger charge is -2.31. The van der Waals surface area contributed by atoms with E-state index in [1.165, 1.54) is 4.31 Å². The highest BCUT2D eigenvalue weighted by Gasteiger charge is 2.28. The zero-order chi connectivity index (χ0) is 13.2. The van der Waals surface area contributed by atoms with E-state index in [1.54, 1.807) is 31.4 Å². The van der Waals surface area contributed by atoms with Crippen molar-refractivity contribution in [2.24, 2.45) is 0 Å². The van der Waals surface area contributed by atoms with Gasteiger partial charge in [0.25, 0.3) is 0 Å². The molecule has 1 N–H and O–H groups in total. The molecule has 1 aliphatic rings. The van der Waals surface area contributed by atoms with Gasteiger partial charge in [0, 0.05) is 25.7 Å². The summed E-state index contributed by atoms with van der Waals surface area (Å²) in [4.78, 5) is 0.317. The third kappa shape index (κ3) is 3.60. The smallest absolute Gasteiger partial charge is 0.243 e. The number of halogens is 1. The molecule has 1 heterocycles. The summed E-state index contributed by atoms with van der Waals surface area (Å²) in [6, 6.07) is 6.69. The molecular weight excluding hydrogens is 288 g/mol. The molecule has 5 nitrogen and oxygen atoms in total. The second-order valence-corrected chi connectivity index (χ2v) is 6.33. The van der Waals surface area contributed by atoms with Gasteiger partial charge < -0.3 is 10.1 Å². The molecule has 1 atom stereocenters. The number of hydrogen-bond acceptors (Lipinski definition) is 4. The number of sulfonamides is 1. The summed E-state index contributed by atoms with van der Waals surface area (Å²) in [6.07, 6.45) is 0. The van der Waals surface area contributed by atoms with E-state index in [1.807, 2.05) is 6.92 Å². The largest absolute Gasteiger partial charge is 0.497 e. The summed E-state index contributed by atoms with van der Waals surface area (Å²) in [7, 11) is -1.83. The molecule has 0 saturated carbocycles. The predicted octanol–water partition coefficient (Wildman–Crippen LogP) is 1.10. The van der Waals surface area contributed by atoms with E-state index in [-0.39, 0.29) is 18.4 Å². The number of piperazine rings is 1. The van der Waals surface area contributed by atoms with Gasteiger partial charge in [-0.2, -0.15) is 4.31 Å². The van der Waals surface area contributed by atoms with Crippen LogP contribution in [0.5, 0.6) is 5.75 Å². The fourth-order valence-corrected chi connectivity index (χ4v) is 3.54. The molecule has 19 heavy (non-hydrogen) atoms. The molecule has 108 valence electrons. The third-order valence-electron chi connectivity index (χ3n) is 3.03. The van der Waals surface area contributed by atoms with Crippen LogP contribution in [0.15, 0.2) is 29.2 Å². The molecule has 1 fully saturated rings. The van der Waals surface area contributed by atoms with Gasteiger partial charge in [0.2, 0.25) is 10.0 Å². The van der Waals surface area contributed by atoms with E-state index in [9.17, 15) is 8.42 Å². The molecule has 0 amide bonds. The maximum atomic E-state index is 12.4. The first-order valence-corrected chi connectivity index (χ1v) is 7.35. The number of rotatable bonds is 3. The molecule has 1 aromatic carbocycles. The fraction of sp³-hybridized carbons (Fsp3) is 0.500. The summed E-state index contributed by atoms with van der Waals surface area (Å²) in [5.41, 5.74) is 0. The number of nitrogens with one attached hydrogen (secondary N) is 1. The van der Waals surface area contributed by atoms with Gasteiger partial charge in [0.05, 0.1) is 12.0 Å². The Hall–Kier alpha value is -0.820. The quantitative estimate of drug-likeness (QED) is 0.908. The lowest BCUT2D eigenvalue weighted by Crippen LogP contribution is -2.51. The van der Waals surface area contributed by atoms with Crippen molar-refractivity contribution >= 4 is 22.4 Å². The van der Waals surface area contributed by atoms with Crippen LogP contribution in [-0.4, -0.2) is 45.5 Å². The van der Waals surface area contributed by atoms with Crippen molar-refractivity contribution in [1.29, 1.82) is 0 Å². The first-order valence-electron chi connectivity index (χ1n) is 5.91. The molecule has 7 heteroatoms. The molecule has 1 aromatic rings. The fourth-order valence-electron chi connectivity index (χ4n) is 2.01. The number of benzene rings is 1. The van der Waals surface area contributed by atoms with Crippen LogP contribution in [0.2, 0.25) is 0 Å². The highest BCUT2D eigenvalue weighted by Crippen LogP contribution is 2.20. The van der Waals surface area contributed by atoms with Gasteiger partial charge in [0.1, 0.15) is 5.75 Å². The maximum absolute atomic E-state index is 12.4. The minimum absolute atomic E-state index is 0. The summed E-state index contributed by atoms with van der Waals surface area (Å²) < 4.78 is 31.3. The number of hydrogen-bond donors (Lipinski definition) is 1. The Morgan fingerprint density at radius 1 is 1.32 bits per heavy atom.